The second-order valence-electron chi connectivity index (χ2n) is 3.94. The van der Waals surface area contributed by atoms with Crippen LogP contribution >= 0.6 is 11.6 Å². The minimum Gasteiger partial charge on any atom is -0.316 e. The molecular weight excluding hydrogens is 220 g/mol. The van der Waals surface area contributed by atoms with Crippen LogP contribution < -0.4 is 5.32 Å². The molecule has 1 nitrogen and oxygen atoms in total. The van der Waals surface area contributed by atoms with E-state index in [9.17, 15) is 8.78 Å². The molecule has 82 valence electrons. The monoisotopic (exact) mass is 231 g/mol. The summed E-state index contributed by atoms with van der Waals surface area (Å²) in [5.41, 5.74) is 0.0544. The highest BCUT2D eigenvalue weighted by Crippen LogP contribution is 2.36. The van der Waals surface area contributed by atoms with Gasteiger partial charge in [0.1, 0.15) is 0 Å². The van der Waals surface area contributed by atoms with E-state index in [1.165, 1.54) is 24.3 Å². The van der Waals surface area contributed by atoms with Gasteiger partial charge >= 0.3 is 0 Å². The topological polar surface area (TPSA) is 12.0 Å². The van der Waals surface area contributed by atoms with Gasteiger partial charge in [-0.15, -0.1) is 0 Å². The largest absolute Gasteiger partial charge is 0.316 e. The quantitative estimate of drug-likeness (QED) is 0.843. The van der Waals surface area contributed by atoms with E-state index in [-0.39, 0.29) is 17.9 Å². The Morgan fingerprint density at radius 2 is 1.87 bits per heavy atom. The van der Waals surface area contributed by atoms with Gasteiger partial charge in [0, 0.05) is 17.0 Å². The summed E-state index contributed by atoms with van der Waals surface area (Å²) in [7, 11) is 0. The maximum absolute atomic E-state index is 13.7. The van der Waals surface area contributed by atoms with E-state index in [2.05, 4.69) is 5.32 Å². The van der Waals surface area contributed by atoms with Crippen LogP contribution in [0.3, 0.4) is 0 Å². The van der Waals surface area contributed by atoms with Crippen molar-refractivity contribution >= 4 is 11.6 Å². The van der Waals surface area contributed by atoms with Crippen LogP contribution in [-0.4, -0.2) is 13.1 Å². The molecule has 0 aliphatic carbocycles. The van der Waals surface area contributed by atoms with Crippen LogP contribution in [-0.2, 0) is 5.92 Å². The molecule has 2 rings (SSSR count). The lowest BCUT2D eigenvalue weighted by Gasteiger charge is -2.30. The van der Waals surface area contributed by atoms with Gasteiger partial charge in [-0.05, 0) is 31.1 Å². The van der Waals surface area contributed by atoms with Crippen LogP contribution in [0.1, 0.15) is 12.0 Å². The zero-order valence-corrected chi connectivity index (χ0v) is 8.90. The number of rotatable bonds is 3. The molecule has 1 fully saturated rings. The molecule has 0 bridgehead atoms. The summed E-state index contributed by atoms with van der Waals surface area (Å²) in [6.07, 6.45) is -0.0817. The number of hydrogen-bond donors (Lipinski definition) is 1. The van der Waals surface area contributed by atoms with Gasteiger partial charge in [0.25, 0.3) is 5.92 Å². The van der Waals surface area contributed by atoms with E-state index in [4.69, 9.17) is 11.6 Å². The van der Waals surface area contributed by atoms with Crippen molar-refractivity contribution in [1.82, 2.24) is 5.32 Å². The fourth-order valence-electron chi connectivity index (χ4n) is 1.67. The second-order valence-corrected chi connectivity index (χ2v) is 4.38. The molecule has 4 heteroatoms. The minimum absolute atomic E-state index is 0.0544. The molecule has 1 aromatic carbocycles. The summed E-state index contributed by atoms with van der Waals surface area (Å²) in [5.74, 6) is -2.65. The number of nitrogens with one attached hydrogen (secondary N) is 1. The van der Waals surface area contributed by atoms with Gasteiger partial charge in [0.15, 0.2) is 0 Å². The van der Waals surface area contributed by atoms with Gasteiger partial charge in [-0.3, -0.25) is 0 Å². The van der Waals surface area contributed by atoms with Gasteiger partial charge in [0.05, 0.1) is 0 Å². The van der Waals surface area contributed by atoms with Gasteiger partial charge in [0.2, 0.25) is 0 Å². The molecule has 0 aromatic heterocycles. The standard InChI is InChI=1S/C11H12ClF2N/c12-10-3-1-9(2-4-10)11(13,14)5-8-6-15-7-8/h1-4,8,15H,5-7H2. The van der Waals surface area contributed by atoms with Crippen molar-refractivity contribution < 1.29 is 8.78 Å². The lowest BCUT2D eigenvalue weighted by molar-refractivity contribution is -0.0356. The van der Waals surface area contributed by atoms with Crippen molar-refractivity contribution in [2.75, 3.05) is 13.1 Å². The molecule has 0 radical (unpaired) electrons. The molecular formula is C11H12ClF2N. The van der Waals surface area contributed by atoms with E-state index in [1.54, 1.807) is 0 Å². The number of benzene rings is 1. The highest BCUT2D eigenvalue weighted by atomic mass is 35.5. The fourth-order valence-corrected chi connectivity index (χ4v) is 1.79. The molecule has 1 N–H and O–H groups in total. The predicted molar refractivity (Wildman–Crippen MR) is 56.3 cm³/mol. The summed E-state index contributed by atoms with van der Waals surface area (Å²) in [6.45, 7) is 1.40. The maximum Gasteiger partial charge on any atom is 0.273 e. The van der Waals surface area contributed by atoms with E-state index in [0.717, 1.165) is 0 Å². The van der Waals surface area contributed by atoms with E-state index < -0.39 is 5.92 Å². The first kappa shape index (κ1) is 10.8. The van der Waals surface area contributed by atoms with Crippen molar-refractivity contribution in [3.63, 3.8) is 0 Å². The molecule has 1 saturated heterocycles. The summed E-state index contributed by atoms with van der Waals surface area (Å²) in [6, 6.07) is 5.80. The Morgan fingerprint density at radius 1 is 1.27 bits per heavy atom. The van der Waals surface area contributed by atoms with Crippen LogP contribution in [0, 0.1) is 5.92 Å². The number of halogens is 3. The first-order valence-corrected chi connectivity index (χ1v) is 5.30. The van der Waals surface area contributed by atoms with Crippen LogP contribution in [0.4, 0.5) is 8.78 Å². The van der Waals surface area contributed by atoms with Gasteiger partial charge in [-0.2, -0.15) is 0 Å². The average molecular weight is 232 g/mol. The third-order valence-corrected chi connectivity index (χ3v) is 2.93. The predicted octanol–water partition coefficient (Wildman–Crippen LogP) is 3.04. The highest BCUT2D eigenvalue weighted by molar-refractivity contribution is 6.30. The summed E-state index contributed by atoms with van der Waals surface area (Å²) < 4.78 is 27.4. The SMILES string of the molecule is FC(F)(CC1CNC1)c1ccc(Cl)cc1. The minimum atomic E-state index is -2.74. The molecule has 1 aliphatic heterocycles. The fraction of sp³-hybridized carbons (Fsp3) is 0.455. The van der Waals surface area contributed by atoms with E-state index in [0.29, 0.717) is 18.1 Å². The first-order chi connectivity index (χ1) is 7.08. The van der Waals surface area contributed by atoms with Crippen LogP contribution in [0.15, 0.2) is 24.3 Å². The lowest BCUT2D eigenvalue weighted by Crippen LogP contribution is -2.44. The lowest BCUT2D eigenvalue weighted by atomic mass is 9.92. The highest BCUT2D eigenvalue weighted by Gasteiger charge is 2.36. The Morgan fingerprint density at radius 3 is 2.33 bits per heavy atom. The normalized spacial score (nSPS) is 17.5. The third-order valence-electron chi connectivity index (χ3n) is 2.68. The van der Waals surface area contributed by atoms with Crippen LogP contribution in [0.5, 0.6) is 0 Å². The van der Waals surface area contributed by atoms with Crippen molar-refractivity contribution in [2.45, 2.75) is 12.3 Å². The molecule has 1 aromatic rings. The molecule has 0 amide bonds. The molecule has 1 heterocycles. The second kappa shape index (κ2) is 4.06. The Bertz CT molecular complexity index is 333. The Balaban J connectivity index is 2.09. The number of hydrogen-bond acceptors (Lipinski definition) is 1. The van der Waals surface area contributed by atoms with Crippen LogP contribution in [0.25, 0.3) is 0 Å². The average Bonchev–Trinajstić information content (AvgIpc) is 2.13. The number of alkyl halides is 2. The van der Waals surface area contributed by atoms with Crippen molar-refractivity contribution in [3.05, 3.63) is 34.9 Å². The molecule has 0 saturated carbocycles. The zero-order valence-electron chi connectivity index (χ0n) is 8.14. The third kappa shape index (κ3) is 2.47. The zero-order chi connectivity index (χ0) is 10.9. The molecule has 0 spiro atoms. The molecule has 0 atom stereocenters. The Kier molecular flexibility index (Phi) is 2.94. The first-order valence-electron chi connectivity index (χ1n) is 4.92. The van der Waals surface area contributed by atoms with Crippen molar-refractivity contribution in [3.8, 4) is 0 Å². The van der Waals surface area contributed by atoms with Crippen LogP contribution in [0.2, 0.25) is 5.02 Å². The van der Waals surface area contributed by atoms with E-state index >= 15 is 0 Å². The van der Waals surface area contributed by atoms with Crippen molar-refractivity contribution in [2.24, 2.45) is 5.92 Å². The van der Waals surface area contributed by atoms with E-state index in [1.807, 2.05) is 0 Å². The molecule has 15 heavy (non-hydrogen) atoms. The maximum atomic E-state index is 13.7. The summed E-state index contributed by atoms with van der Waals surface area (Å²) in [4.78, 5) is 0. The van der Waals surface area contributed by atoms with Gasteiger partial charge in [-0.1, -0.05) is 23.7 Å². The summed E-state index contributed by atoms with van der Waals surface area (Å²) >= 11 is 5.65. The van der Waals surface area contributed by atoms with Gasteiger partial charge < -0.3 is 5.32 Å². The van der Waals surface area contributed by atoms with Gasteiger partial charge in [-0.25, -0.2) is 8.78 Å². The molecule has 1 aliphatic rings. The Labute approximate surface area is 92.4 Å². The summed E-state index contributed by atoms with van der Waals surface area (Å²) in [5, 5.41) is 3.48. The Hall–Kier alpha value is -0.670. The molecule has 0 unspecified atom stereocenters. The smallest absolute Gasteiger partial charge is 0.273 e. The van der Waals surface area contributed by atoms with Crippen molar-refractivity contribution in [1.29, 1.82) is 0 Å².